The molecule has 0 aliphatic carbocycles. The Balaban J connectivity index is 1.52. The Morgan fingerprint density at radius 1 is 1.24 bits per heavy atom. The van der Waals surface area contributed by atoms with Gasteiger partial charge < -0.3 is 15.0 Å². The van der Waals surface area contributed by atoms with Crippen molar-refractivity contribution < 1.29 is 9.53 Å². The highest BCUT2D eigenvalue weighted by atomic mass is 16.5. The monoisotopic (exact) mass is 393 g/mol. The zero-order valence-corrected chi connectivity index (χ0v) is 17.4. The molecule has 1 atom stereocenters. The molecule has 7 heteroatoms. The second-order valence-electron chi connectivity index (χ2n) is 7.73. The number of carbonyl (C=O) groups is 1. The molecule has 152 valence electrons. The van der Waals surface area contributed by atoms with Crippen molar-refractivity contribution in [1.29, 1.82) is 0 Å². The van der Waals surface area contributed by atoms with Crippen molar-refractivity contribution in [1.82, 2.24) is 20.1 Å². The Kier molecular flexibility index (Phi) is 5.13. The number of anilines is 1. The van der Waals surface area contributed by atoms with E-state index in [9.17, 15) is 4.79 Å². The van der Waals surface area contributed by atoms with E-state index in [2.05, 4.69) is 28.3 Å². The molecule has 4 rings (SSSR count). The van der Waals surface area contributed by atoms with E-state index in [0.717, 1.165) is 54.1 Å². The van der Waals surface area contributed by atoms with Crippen LogP contribution in [0.4, 0.5) is 5.82 Å². The smallest absolute Gasteiger partial charge is 0.272 e. The van der Waals surface area contributed by atoms with Gasteiger partial charge in [0.1, 0.15) is 17.3 Å². The number of carbonyl (C=O) groups excluding carboxylic acids is 1. The van der Waals surface area contributed by atoms with Gasteiger partial charge in [-0.3, -0.25) is 9.48 Å². The summed E-state index contributed by atoms with van der Waals surface area (Å²) in [5, 5.41) is 8.55. The van der Waals surface area contributed by atoms with Crippen molar-refractivity contribution in [2.45, 2.75) is 32.7 Å². The van der Waals surface area contributed by atoms with Crippen LogP contribution in [0, 0.1) is 13.8 Å². The van der Waals surface area contributed by atoms with Crippen LogP contribution in [0.15, 0.2) is 30.3 Å². The molecule has 0 radical (unpaired) electrons. The summed E-state index contributed by atoms with van der Waals surface area (Å²) >= 11 is 0. The maximum Gasteiger partial charge on any atom is 0.272 e. The summed E-state index contributed by atoms with van der Waals surface area (Å²) in [4.78, 5) is 19.7. The van der Waals surface area contributed by atoms with Gasteiger partial charge in [0.25, 0.3) is 5.91 Å². The van der Waals surface area contributed by atoms with E-state index in [1.54, 1.807) is 11.8 Å². The molecule has 0 saturated carbocycles. The highest BCUT2D eigenvalue weighted by molar-refractivity contribution is 5.92. The third-order valence-corrected chi connectivity index (χ3v) is 5.64. The van der Waals surface area contributed by atoms with Crippen molar-refractivity contribution in [3.63, 3.8) is 0 Å². The quantitative estimate of drug-likeness (QED) is 0.738. The number of amides is 1. The fourth-order valence-corrected chi connectivity index (χ4v) is 3.89. The molecule has 1 aliphatic rings. The van der Waals surface area contributed by atoms with Crippen molar-refractivity contribution in [2.75, 3.05) is 25.1 Å². The van der Waals surface area contributed by atoms with Gasteiger partial charge >= 0.3 is 0 Å². The summed E-state index contributed by atoms with van der Waals surface area (Å²) in [5.74, 6) is 1.62. The maximum atomic E-state index is 12.6. The lowest BCUT2D eigenvalue weighted by molar-refractivity contribution is 0.0927. The highest BCUT2D eigenvalue weighted by Crippen LogP contribution is 2.27. The Bertz CT molecular complexity index is 1040. The molecule has 7 nitrogen and oxygen atoms in total. The van der Waals surface area contributed by atoms with Crippen LogP contribution in [-0.2, 0) is 7.05 Å². The van der Waals surface area contributed by atoms with Crippen LogP contribution >= 0.6 is 0 Å². The highest BCUT2D eigenvalue weighted by Gasteiger charge is 2.24. The molecular formula is C22H27N5O2. The molecule has 3 aromatic rings. The largest absolute Gasteiger partial charge is 0.497 e. The minimum absolute atomic E-state index is 0.0710. The summed E-state index contributed by atoms with van der Waals surface area (Å²) in [6.07, 6.45) is 1.96. The average molecular weight is 393 g/mol. The van der Waals surface area contributed by atoms with Crippen LogP contribution in [0.5, 0.6) is 5.75 Å². The number of hydrogen-bond acceptors (Lipinski definition) is 5. The van der Waals surface area contributed by atoms with Gasteiger partial charge in [-0.25, -0.2) is 4.98 Å². The molecular weight excluding hydrogens is 366 g/mol. The second kappa shape index (κ2) is 7.73. The number of fused-ring (bicyclic) bond motifs is 1. The van der Waals surface area contributed by atoms with Gasteiger partial charge in [-0.05, 0) is 56.5 Å². The Hall–Kier alpha value is -3.09. The van der Waals surface area contributed by atoms with Gasteiger partial charge in [0.2, 0.25) is 0 Å². The van der Waals surface area contributed by atoms with Crippen molar-refractivity contribution in [3.05, 3.63) is 47.3 Å². The molecule has 1 saturated heterocycles. The molecule has 0 spiro atoms. The predicted molar refractivity (Wildman–Crippen MR) is 114 cm³/mol. The van der Waals surface area contributed by atoms with Gasteiger partial charge in [-0.15, -0.1) is 0 Å². The number of rotatable bonds is 4. The lowest BCUT2D eigenvalue weighted by Crippen LogP contribution is -2.48. The van der Waals surface area contributed by atoms with E-state index in [4.69, 9.17) is 9.72 Å². The number of pyridine rings is 1. The SMILES string of the molecule is COc1ccc2c(C)cc(N3CCCC(NC(=O)c4cc(C)n(C)n4)C3)nc2c1. The Labute approximate surface area is 170 Å². The van der Waals surface area contributed by atoms with Gasteiger partial charge in [-0.1, -0.05) is 0 Å². The van der Waals surface area contributed by atoms with E-state index >= 15 is 0 Å². The molecule has 1 N–H and O–H groups in total. The minimum atomic E-state index is -0.118. The van der Waals surface area contributed by atoms with Crippen molar-refractivity contribution in [2.24, 2.45) is 7.05 Å². The third-order valence-electron chi connectivity index (χ3n) is 5.64. The summed E-state index contributed by atoms with van der Waals surface area (Å²) in [5.41, 5.74) is 3.54. The number of aryl methyl sites for hydroxylation is 3. The molecule has 3 heterocycles. The first kappa shape index (κ1) is 19.2. The molecule has 1 fully saturated rings. The zero-order valence-electron chi connectivity index (χ0n) is 17.4. The number of nitrogens with zero attached hydrogens (tertiary/aromatic N) is 4. The number of nitrogens with one attached hydrogen (secondary N) is 1. The Morgan fingerprint density at radius 3 is 2.79 bits per heavy atom. The molecule has 1 unspecified atom stereocenters. The predicted octanol–water partition coefficient (Wildman–Crippen LogP) is 2.99. The molecule has 1 aromatic carbocycles. The summed E-state index contributed by atoms with van der Waals surface area (Å²) in [6, 6.07) is 10.00. The lowest BCUT2D eigenvalue weighted by atomic mass is 10.0. The molecule has 29 heavy (non-hydrogen) atoms. The van der Waals surface area contributed by atoms with Crippen LogP contribution in [0.25, 0.3) is 10.9 Å². The van der Waals surface area contributed by atoms with Crippen LogP contribution in [-0.4, -0.2) is 46.9 Å². The first-order valence-electron chi connectivity index (χ1n) is 9.96. The Morgan fingerprint density at radius 2 is 2.07 bits per heavy atom. The molecule has 1 amide bonds. The van der Waals surface area contributed by atoms with Crippen LogP contribution in [0.3, 0.4) is 0 Å². The maximum absolute atomic E-state index is 12.6. The third kappa shape index (κ3) is 3.90. The van der Waals surface area contributed by atoms with Crippen molar-refractivity contribution in [3.8, 4) is 5.75 Å². The van der Waals surface area contributed by atoms with Gasteiger partial charge in [0.15, 0.2) is 0 Å². The standard InChI is InChI=1S/C22H27N5O2/c1-14-10-21(24-19-12-17(29-4)7-8-18(14)19)27-9-5-6-16(13-27)23-22(28)20-11-15(2)26(3)25-20/h7-8,10-12,16H,5-6,9,13H2,1-4H3,(H,23,28). The summed E-state index contributed by atoms with van der Waals surface area (Å²) in [6.45, 7) is 5.71. The second-order valence-corrected chi connectivity index (χ2v) is 7.73. The number of piperidine rings is 1. The minimum Gasteiger partial charge on any atom is -0.497 e. The zero-order chi connectivity index (χ0) is 20.5. The number of benzene rings is 1. The van der Waals surface area contributed by atoms with E-state index in [-0.39, 0.29) is 11.9 Å². The van der Waals surface area contributed by atoms with E-state index in [1.165, 1.54) is 5.56 Å². The number of ether oxygens (including phenoxy) is 1. The van der Waals surface area contributed by atoms with Crippen LogP contribution in [0.1, 0.15) is 34.6 Å². The molecule has 1 aliphatic heterocycles. The number of aromatic nitrogens is 3. The first-order chi connectivity index (χ1) is 13.9. The summed E-state index contributed by atoms with van der Waals surface area (Å²) < 4.78 is 7.07. The van der Waals surface area contributed by atoms with Gasteiger partial charge in [0.05, 0.1) is 12.6 Å². The molecule has 2 aromatic heterocycles. The molecule has 0 bridgehead atoms. The van der Waals surface area contributed by atoms with Gasteiger partial charge in [-0.2, -0.15) is 5.10 Å². The van der Waals surface area contributed by atoms with E-state index in [0.29, 0.717) is 5.69 Å². The number of hydrogen-bond donors (Lipinski definition) is 1. The van der Waals surface area contributed by atoms with Gasteiger partial charge in [0, 0.05) is 43.3 Å². The topological polar surface area (TPSA) is 72.3 Å². The van der Waals surface area contributed by atoms with E-state index in [1.807, 2.05) is 38.2 Å². The van der Waals surface area contributed by atoms with Crippen LogP contribution in [0.2, 0.25) is 0 Å². The fraction of sp³-hybridized carbons (Fsp3) is 0.409. The number of methoxy groups -OCH3 is 1. The first-order valence-corrected chi connectivity index (χ1v) is 9.96. The summed E-state index contributed by atoms with van der Waals surface area (Å²) in [7, 11) is 3.51. The van der Waals surface area contributed by atoms with E-state index < -0.39 is 0 Å². The van der Waals surface area contributed by atoms with Crippen molar-refractivity contribution >= 4 is 22.6 Å². The normalized spacial score (nSPS) is 16.8. The average Bonchev–Trinajstić information content (AvgIpc) is 3.06. The lowest BCUT2D eigenvalue weighted by Gasteiger charge is -2.34. The van der Waals surface area contributed by atoms with Crippen LogP contribution < -0.4 is 15.0 Å². The fourth-order valence-electron chi connectivity index (χ4n) is 3.89.